The molecule has 2 aliphatic rings. The van der Waals surface area contributed by atoms with Crippen LogP contribution >= 0.6 is 11.3 Å². The number of halogens is 1. The van der Waals surface area contributed by atoms with Crippen LogP contribution in [0, 0.1) is 24.1 Å². The molecule has 2 aliphatic heterocycles. The van der Waals surface area contributed by atoms with E-state index in [1.807, 2.05) is 33.2 Å². The van der Waals surface area contributed by atoms with E-state index in [2.05, 4.69) is 35.5 Å². The summed E-state index contributed by atoms with van der Waals surface area (Å²) in [7, 11) is 5.27. The smallest absolute Gasteiger partial charge is 0.254 e. The highest BCUT2D eigenvalue weighted by Crippen LogP contribution is 2.36. The number of nitrogens with one attached hydrogen (secondary N) is 3. The maximum absolute atomic E-state index is 14.2. The number of piperidine rings is 1. The van der Waals surface area contributed by atoms with Gasteiger partial charge in [-0.05, 0) is 95.6 Å². The summed E-state index contributed by atoms with van der Waals surface area (Å²) in [5.41, 5.74) is 13.3. The molecule has 18 heteroatoms. The minimum atomic E-state index is -0.736. The predicted molar refractivity (Wildman–Crippen MR) is 256 cm³/mol. The van der Waals surface area contributed by atoms with Crippen LogP contribution < -0.4 is 26.1 Å². The predicted octanol–water partition coefficient (Wildman–Crippen LogP) is 5.77. The number of nitrogen functional groups attached to an aromatic ring is 1. The molecule has 2 aromatic carbocycles. The number of likely N-dealkylation sites (N-methyl/N-ethyl adjacent to an activating group) is 1. The lowest BCUT2D eigenvalue weighted by Gasteiger charge is -2.39. The van der Waals surface area contributed by atoms with E-state index in [4.69, 9.17) is 20.9 Å². The molecule has 0 spiro atoms. The van der Waals surface area contributed by atoms with Gasteiger partial charge in [-0.15, -0.1) is 11.3 Å². The minimum absolute atomic E-state index is 0.170. The summed E-state index contributed by atoms with van der Waals surface area (Å²) in [6.45, 7) is 11.5. The number of amides is 1. The van der Waals surface area contributed by atoms with Gasteiger partial charge in [0.25, 0.3) is 5.91 Å². The maximum Gasteiger partial charge on any atom is 0.254 e. The number of hydrazone groups is 1. The monoisotopic (exact) mass is 911 g/mol. The maximum atomic E-state index is 14.2. The summed E-state index contributed by atoms with van der Waals surface area (Å²) in [5.74, 6) is 0.334. The Morgan fingerprint density at radius 2 is 1.80 bits per heavy atom. The van der Waals surface area contributed by atoms with Gasteiger partial charge in [-0.3, -0.25) is 15.0 Å². The van der Waals surface area contributed by atoms with E-state index >= 15 is 0 Å². The van der Waals surface area contributed by atoms with Gasteiger partial charge in [0.1, 0.15) is 24.5 Å². The van der Waals surface area contributed by atoms with Crippen molar-refractivity contribution in [2.45, 2.75) is 58.1 Å². The molecule has 348 valence electrons. The number of aryl methyl sites for hydroxylation is 1. The zero-order valence-corrected chi connectivity index (χ0v) is 38.8. The van der Waals surface area contributed by atoms with E-state index in [-0.39, 0.29) is 29.8 Å². The number of anilines is 3. The third-order valence-electron chi connectivity index (χ3n) is 11.6. The number of piperazine rings is 1. The van der Waals surface area contributed by atoms with Crippen molar-refractivity contribution in [2.24, 2.45) is 11.0 Å². The number of thiazole rings is 1. The first kappa shape index (κ1) is 50.1. The van der Waals surface area contributed by atoms with Crippen molar-refractivity contribution < 1.29 is 28.3 Å². The molecular formula is C47H62FN11O5S. The summed E-state index contributed by atoms with van der Waals surface area (Å²) >= 11 is 1.64. The zero-order valence-electron chi connectivity index (χ0n) is 38.0. The first-order valence-corrected chi connectivity index (χ1v) is 22.7. The number of benzene rings is 2. The fourth-order valence-electron chi connectivity index (χ4n) is 8.03. The lowest BCUT2D eigenvalue weighted by molar-refractivity contribution is -0.112. The number of ether oxygens (including phenoxy) is 1. The Morgan fingerprint density at radius 1 is 1.08 bits per heavy atom. The number of rotatable bonds is 20. The van der Waals surface area contributed by atoms with Gasteiger partial charge in [-0.1, -0.05) is 0 Å². The highest BCUT2D eigenvalue weighted by molar-refractivity contribution is 7.15. The van der Waals surface area contributed by atoms with Crippen LogP contribution in [0.3, 0.4) is 0 Å². The van der Waals surface area contributed by atoms with Gasteiger partial charge in [0.2, 0.25) is 0 Å². The van der Waals surface area contributed by atoms with Crippen molar-refractivity contribution >= 4 is 65.7 Å². The van der Waals surface area contributed by atoms with Gasteiger partial charge in [0, 0.05) is 107 Å². The Hall–Kier alpha value is -5.95. The number of hydrogen-bond donors (Lipinski definition) is 4. The van der Waals surface area contributed by atoms with Crippen molar-refractivity contribution in [1.29, 1.82) is 5.41 Å². The summed E-state index contributed by atoms with van der Waals surface area (Å²) in [4.78, 5) is 66.5. The fourth-order valence-corrected chi connectivity index (χ4v) is 9.06. The number of nitrogens with two attached hydrogens (primary N) is 1. The van der Waals surface area contributed by atoms with Crippen molar-refractivity contribution in [3.8, 4) is 16.2 Å². The number of aromatic nitrogens is 2. The zero-order chi connectivity index (χ0) is 46.9. The Labute approximate surface area is 384 Å². The van der Waals surface area contributed by atoms with E-state index in [0.717, 1.165) is 111 Å². The Kier molecular flexibility index (Phi) is 19.2. The second-order valence-corrected chi connectivity index (χ2v) is 17.3. The molecule has 6 rings (SSSR count). The number of hydrogen-bond acceptors (Lipinski definition) is 16. The first-order valence-electron chi connectivity index (χ1n) is 21.9. The highest BCUT2D eigenvalue weighted by atomic mass is 32.1. The number of carbonyl (C=O) groups is 4. The van der Waals surface area contributed by atoms with Crippen LogP contribution in [0.25, 0.3) is 10.4 Å². The number of nitrogens with zero attached hydrogens (tertiary/aromatic N) is 7. The quantitative estimate of drug-likeness (QED) is 0.0474. The lowest BCUT2D eigenvalue weighted by Crippen LogP contribution is -2.49. The van der Waals surface area contributed by atoms with E-state index < -0.39 is 23.9 Å². The average Bonchev–Trinajstić information content (AvgIpc) is 3.70. The van der Waals surface area contributed by atoms with E-state index in [1.165, 1.54) is 30.3 Å². The molecule has 65 heavy (non-hydrogen) atoms. The molecule has 4 heterocycles. The molecule has 4 aromatic rings. The van der Waals surface area contributed by atoms with E-state index in [0.29, 0.717) is 35.5 Å². The molecular weight excluding hydrogens is 850 g/mol. The van der Waals surface area contributed by atoms with E-state index in [1.54, 1.807) is 42.7 Å². The van der Waals surface area contributed by atoms with Crippen LogP contribution in [-0.2, 0) is 16.0 Å². The highest BCUT2D eigenvalue weighted by Gasteiger charge is 2.27. The molecule has 0 radical (unpaired) electrons. The molecule has 1 amide bonds. The van der Waals surface area contributed by atoms with Crippen LogP contribution in [0.2, 0.25) is 0 Å². The molecule has 0 saturated carbocycles. The molecule has 2 atom stereocenters. The second kappa shape index (κ2) is 24.9. The second-order valence-electron chi connectivity index (χ2n) is 16.3. The Balaban J connectivity index is 0.00000257. The summed E-state index contributed by atoms with van der Waals surface area (Å²) in [6, 6.07) is 10.7. The molecule has 16 nitrogen and oxygen atoms in total. The van der Waals surface area contributed by atoms with E-state index in [9.17, 15) is 23.6 Å². The Bertz CT molecular complexity index is 2260. The van der Waals surface area contributed by atoms with Crippen LogP contribution in [0.4, 0.5) is 21.6 Å². The van der Waals surface area contributed by atoms with Gasteiger partial charge in [-0.2, -0.15) is 5.10 Å². The van der Waals surface area contributed by atoms with Crippen molar-refractivity contribution in [2.75, 3.05) is 89.6 Å². The number of aldehydes is 3. The molecule has 2 saturated heterocycles. The van der Waals surface area contributed by atoms with Gasteiger partial charge in [-0.25, -0.2) is 14.4 Å². The summed E-state index contributed by atoms with van der Waals surface area (Å²) < 4.78 is 20.5. The van der Waals surface area contributed by atoms with Crippen LogP contribution in [-0.4, -0.2) is 141 Å². The molecule has 2 aromatic heterocycles. The molecule has 0 bridgehead atoms. The van der Waals surface area contributed by atoms with Gasteiger partial charge >= 0.3 is 0 Å². The largest absolute Gasteiger partial charge is 0.482 e. The SMILES string of the molecule is CNC.Cc1nc(CCN2CCN(CC3CCN(c4ccc(C(=O)N(C)C(C=O)CCC=O)c(C=O)c4)CC3)CC2)sc1-c1cnc(N)c(OC(C)c2cc(F)ccc2N/N=C\C=N)c1. The van der Waals surface area contributed by atoms with Gasteiger partial charge in [0.15, 0.2) is 17.9 Å². The minimum Gasteiger partial charge on any atom is -0.482 e. The Morgan fingerprint density at radius 3 is 2.48 bits per heavy atom. The first-order chi connectivity index (χ1) is 31.4. The third-order valence-corrected chi connectivity index (χ3v) is 12.9. The van der Waals surface area contributed by atoms with Crippen LogP contribution in [0.15, 0.2) is 53.8 Å². The topological polar surface area (TPSA) is 203 Å². The molecule has 2 fully saturated rings. The molecule has 0 aliphatic carbocycles. The van der Waals surface area contributed by atoms with Crippen LogP contribution in [0.1, 0.15) is 75.7 Å². The number of carbonyl (C=O) groups excluding carboxylic acids is 4. The number of pyridine rings is 1. The van der Waals surface area contributed by atoms with Gasteiger partial charge < -0.3 is 50.4 Å². The lowest BCUT2D eigenvalue weighted by atomic mass is 9.95. The fraction of sp³-hybridized carbons (Fsp3) is 0.447. The van der Waals surface area contributed by atoms with Crippen LogP contribution in [0.5, 0.6) is 5.75 Å². The summed E-state index contributed by atoms with van der Waals surface area (Å²) in [6.07, 6.45) is 8.83. The molecule has 5 N–H and O–H groups in total. The molecule has 2 unspecified atom stereocenters. The van der Waals surface area contributed by atoms with Gasteiger partial charge in [0.05, 0.1) is 39.1 Å². The van der Waals surface area contributed by atoms with Crippen molar-refractivity contribution in [3.63, 3.8) is 0 Å². The standard InChI is InChI=1S/C45H55FN10O5S.C2H7N/c1-30-43(33-24-41(44(48)49-26-33)61-31(2)39-25-35(46)6-9-40(39)52-50-14-13-47)62-42(51-30)12-15-54-18-20-55(21-19-54)27-32-10-16-56(17-11-32)36-7-8-38(34(23-36)28-58)45(60)53(3)37(29-59)5-4-22-57;1-3-2/h6-9,13-14,22-26,28-29,31-32,37,47,52H,4-5,10-12,15-21,27H2,1-3H3,(H2,48,49);3H,1-2H3/b47-13?,50-14-;. The average molecular weight is 912 g/mol. The van der Waals surface area contributed by atoms with Crippen molar-refractivity contribution in [3.05, 3.63) is 81.9 Å². The normalized spacial score (nSPS) is 15.7. The van der Waals surface area contributed by atoms with Crippen molar-refractivity contribution in [1.82, 2.24) is 30.0 Å². The third kappa shape index (κ3) is 13.8. The summed E-state index contributed by atoms with van der Waals surface area (Å²) in [5, 5.41) is 14.9.